The van der Waals surface area contributed by atoms with Crippen molar-refractivity contribution in [1.29, 1.82) is 0 Å². The Morgan fingerprint density at radius 3 is 1.95 bits per heavy atom. The SMILES string of the molecule is C=C(C=C(C)C)C(CCC)CCCC/C=C/c1ccccc1.C=CC(C)=C(C)C.CCC.CCc1cccnc1. The highest BCUT2D eigenvalue weighted by molar-refractivity contribution is 5.48. The lowest BCUT2D eigenvalue weighted by atomic mass is 9.89. The standard InChI is InChI=1S/C22H32.C7H9N.C7H12.C3H8/c1-5-13-22(20(4)18-19(2)3)17-12-7-6-9-14-21-15-10-8-11-16-21;1-2-7-4-3-5-8-6-7;1-5-7(4)6(2)3;1-3-2/h8-11,14-16,18,22H,4-7,12-13,17H2,1-3H3;3-6H,2H2,1H3;5H,1H2,2-4H3;3H2,1-2H3/b14-9+;;;. The van der Waals surface area contributed by atoms with E-state index < -0.39 is 0 Å². The van der Waals surface area contributed by atoms with E-state index in [9.17, 15) is 0 Å². The van der Waals surface area contributed by atoms with E-state index in [4.69, 9.17) is 0 Å². The molecule has 0 radical (unpaired) electrons. The van der Waals surface area contributed by atoms with Gasteiger partial charge in [-0.2, -0.15) is 0 Å². The van der Waals surface area contributed by atoms with Crippen molar-refractivity contribution in [3.63, 3.8) is 0 Å². The Balaban J connectivity index is 0. The van der Waals surface area contributed by atoms with E-state index in [1.165, 1.54) is 78.4 Å². The molecule has 0 bridgehead atoms. The maximum atomic E-state index is 4.28. The molecule has 222 valence electrons. The molecule has 0 amide bonds. The summed E-state index contributed by atoms with van der Waals surface area (Å²) in [5, 5.41) is 0. The Bertz CT molecular complexity index is 952. The van der Waals surface area contributed by atoms with Crippen LogP contribution in [-0.4, -0.2) is 4.98 Å². The molecule has 1 aromatic carbocycles. The molecule has 40 heavy (non-hydrogen) atoms. The summed E-state index contributed by atoms with van der Waals surface area (Å²) < 4.78 is 0. The number of rotatable bonds is 12. The fourth-order valence-corrected chi connectivity index (χ4v) is 3.60. The molecule has 0 aliphatic rings. The van der Waals surface area contributed by atoms with E-state index in [-0.39, 0.29) is 0 Å². The zero-order valence-corrected chi connectivity index (χ0v) is 27.6. The molecule has 2 rings (SSSR count). The minimum Gasteiger partial charge on any atom is -0.264 e. The van der Waals surface area contributed by atoms with Crippen molar-refractivity contribution < 1.29 is 0 Å². The maximum Gasteiger partial charge on any atom is 0.0299 e. The molecule has 0 saturated heterocycles. The van der Waals surface area contributed by atoms with E-state index in [1.807, 2.05) is 18.3 Å². The first-order chi connectivity index (χ1) is 19.2. The van der Waals surface area contributed by atoms with Gasteiger partial charge in [0.25, 0.3) is 0 Å². The summed E-state index contributed by atoms with van der Waals surface area (Å²) in [6.07, 6.45) is 22.2. The lowest BCUT2D eigenvalue weighted by molar-refractivity contribution is 0.492. The van der Waals surface area contributed by atoms with Gasteiger partial charge in [0.1, 0.15) is 0 Å². The molecule has 1 nitrogen and oxygen atoms in total. The molecular formula is C39H61N. The van der Waals surface area contributed by atoms with E-state index in [1.54, 1.807) is 6.20 Å². The third-order valence-corrected chi connectivity index (χ3v) is 6.14. The van der Waals surface area contributed by atoms with Crippen LogP contribution in [0.1, 0.15) is 118 Å². The molecule has 1 atom stereocenters. The van der Waals surface area contributed by atoms with Gasteiger partial charge in [0, 0.05) is 12.4 Å². The number of unbranched alkanes of at least 4 members (excludes halogenated alkanes) is 2. The van der Waals surface area contributed by atoms with Crippen LogP contribution in [0, 0.1) is 5.92 Å². The van der Waals surface area contributed by atoms with Crippen LogP contribution >= 0.6 is 0 Å². The molecule has 0 N–H and O–H groups in total. The molecule has 0 aliphatic heterocycles. The average Bonchev–Trinajstić information content (AvgIpc) is 2.95. The fraction of sp³-hybridized carbons (Fsp3) is 0.462. The second kappa shape index (κ2) is 27.6. The van der Waals surface area contributed by atoms with E-state index in [0.717, 1.165) is 6.42 Å². The Morgan fingerprint density at radius 2 is 1.52 bits per heavy atom. The van der Waals surface area contributed by atoms with E-state index >= 15 is 0 Å². The van der Waals surface area contributed by atoms with E-state index in [0.29, 0.717) is 5.92 Å². The van der Waals surface area contributed by atoms with Crippen molar-refractivity contribution in [2.24, 2.45) is 5.92 Å². The Labute approximate surface area is 249 Å². The van der Waals surface area contributed by atoms with Gasteiger partial charge in [-0.15, -0.1) is 0 Å². The third kappa shape index (κ3) is 24.1. The highest BCUT2D eigenvalue weighted by Crippen LogP contribution is 2.24. The number of hydrogen-bond acceptors (Lipinski definition) is 1. The summed E-state index contributed by atoms with van der Waals surface area (Å²) in [4.78, 5) is 3.96. The molecular weight excluding hydrogens is 482 g/mol. The summed E-state index contributed by atoms with van der Waals surface area (Å²) >= 11 is 0. The number of allylic oxidation sites excluding steroid dienone is 7. The molecule has 0 spiro atoms. The molecule has 0 aliphatic carbocycles. The number of aromatic nitrogens is 1. The predicted molar refractivity (Wildman–Crippen MR) is 185 cm³/mol. The van der Waals surface area contributed by atoms with Gasteiger partial charge in [-0.3, -0.25) is 4.98 Å². The highest BCUT2D eigenvalue weighted by Gasteiger charge is 2.09. The monoisotopic (exact) mass is 543 g/mol. The third-order valence-electron chi connectivity index (χ3n) is 6.14. The second-order valence-electron chi connectivity index (χ2n) is 10.7. The molecule has 0 fully saturated rings. The van der Waals surface area contributed by atoms with Gasteiger partial charge in [0.05, 0.1) is 0 Å². The summed E-state index contributed by atoms with van der Waals surface area (Å²) in [7, 11) is 0. The van der Waals surface area contributed by atoms with Crippen molar-refractivity contribution in [3.8, 4) is 0 Å². The Hall–Kier alpha value is -2.93. The van der Waals surface area contributed by atoms with Crippen molar-refractivity contribution in [2.45, 2.75) is 114 Å². The van der Waals surface area contributed by atoms with Gasteiger partial charge in [-0.1, -0.05) is 143 Å². The summed E-state index contributed by atoms with van der Waals surface area (Å²) in [5.41, 5.74) is 7.89. The Morgan fingerprint density at radius 1 is 0.875 bits per heavy atom. The number of aryl methyl sites for hydroxylation is 1. The van der Waals surface area contributed by atoms with Gasteiger partial charge in [-0.25, -0.2) is 0 Å². The van der Waals surface area contributed by atoms with Crippen LogP contribution < -0.4 is 0 Å². The zero-order valence-electron chi connectivity index (χ0n) is 27.6. The molecule has 1 heterocycles. The molecule has 2 aromatic rings. The minimum atomic E-state index is 0.665. The normalized spacial score (nSPS) is 10.4. The molecule has 1 heteroatoms. The topological polar surface area (TPSA) is 12.9 Å². The van der Waals surface area contributed by atoms with Gasteiger partial charge in [0.15, 0.2) is 0 Å². The van der Waals surface area contributed by atoms with Crippen LogP contribution in [0.3, 0.4) is 0 Å². The van der Waals surface area contributed by atoms with Crippen molar-refractivity contribution in [2.75, 3.05) is 0 Å². The smallest absolute Gasteiger partial charge is 0.0299 e. The van der Waals surface area contributed by atoms with Crippen LogP contribution in [-0.2, 0) is 6.42 Å². The number of hydrogen-bond donors (Lipinski definition) is 0. The minimum absolute atomic E-state index is 0.665. The van der Waals surface area contributed by atoms with Gasteiger partial charge < -0.3 is 0 Å². The van der Waals surface area contributed by atoms with Crippen molar-refractivity contribution >= 4 is 6.08 Å². The predicted octanol–water partition coefficient (Wildman–Crippen LogP) is 12.8. The highest BCUT2D eigenvalue weighted by atomic mass is 14.6. The maximum absolute atomic E-state index is 4.28. The molecule has 1 unspecified atom stereocenters. The first kappa shape index (κ1) is 39.2. The number of benzene rings is 1. The van der Waals surface area contributed by atoms with E-state index in [2.05, 4.69) is 135 Å². The first-order valence-corrected chi connectivity index (χ1v) is 15.4. The Kier molecular flexibility index (Phi) is 27.1. The lowest BCUT2D eigenvalue weighted by Crippen LogP contribution is -2.02. The van der Waals surface area contributed by atoms with Gasteiger partial charge in [0.2, 0.25) is 0 Å². The van der Waals surface area contributed by atoms with Crippen LogP contribution in [0.25, 0.3) is 6.08 Å². The zero-order chi connectivity index (χ0) is 30.6. The average molecular weight is 544 g/mol. The summed E-state index contributed by atoms with van der Waals surface area (Å²) in [6, 6.07) is 14.6. The van der Waals surface area contributed by atoms with Gasteiger partial charge in [-0.05, 0) is 89.8 Å². The van der Waals surface area contributed by atoms with Crippen molar-refractivity contribution in [3.05, 3.63) is 120 Å². The first-order valence-electron chi connectivity index (χ1n) is 15.4. The summed E-state index contributed by atoms with van der Waals surface area (Å²) in [6.45, 7) is 27.1. The lowest BCUT2D eigenvalue weighted by Gasteiger charge is -2.17. The number of pyridine rings is 1. The quantitative estimate of drug-likeness (QED) is 0.192. The van der Waals surface area contributed by atoms with Crippen LogP contribution in [0.2, 0.25) is 0 Å². The molecule has 1 aromatic heterocycles. The largest absolute Gasteiger partial charge is 0.264 e. The summed E-state index contributed by atoms with van der Waals surface area (Å²) in [5.74, 6) is 0.665. The van der Waals surface area contributed by atoms with Crippen LogP contribution in [0.15, 0.2) is 109 Å². The fourth-order valence-electron chi connectivity index (χ4n) is 3.60. The van der Waals surface area contributed by atoms with Crippen LogP contribution in [0.5, 0.6) is 0 Å². The van der Waals surface area contributed by atoms with Gasteiger partial charge >= 0.3 is 0 Å². The second-order valence-corrected chi connectivity index (χ2v) is 10.7. The number of nitrogens with zero attached hydrogens (tertiary/aromatic N) is 1. The van der Waals surface area contributed by atoms with Crippen molar-refractivity contribution in [1.82, 2.24) is 4.98 Å². The van der Waals surface area contributed by atoms with Crippen LogP contribution in [0.4, 0.5) is 0 Å². The molecule has 0 saturated carbocycles.